The molecule has 1 aromatic rings. The van der Waals surface area contributed by atoms with Crippen LogP contribution in [-0.4, -0.2) is 36.2 Å². The Morgan fingerprint density at radius 2 is 2.05 bits per heavy atom. The molecule has 0 heterocycles. The quantitative estimate of drug-likeness (QED) is 0.494. The van der Waals surface area contributed by atoms with Gasteiger partial charge in [-0.05, 0) is 19.1 Å². The molecule has 1 rings (SSSR count). The van der Waals surface area contributed by atoms with E-state index in [1.807, 2.05) is 0 Å². The summed E-state index contributed by atoms with van der Waals surface area (Å²) in [6, 6.07) is 6.40. The summed E-state index contributed by atoms with van der Waals surface area (Å²) in [6.45, 7) is -0.453. The Morgan fingerprint density at radius 3 is 2.65 bits per heavy atom. The number of hydrogen-bond donors (Lipinski definition) is 2. The van der Waals surface area contributed by atoms with Crippen molar-refractivity contribution in [3.8, 4) is 5.75 Å². The molecule has 110 valence electrons. The molecule has 2 N–H and O–H groups in total. The maximum Gasteiger partial charge on any atom is 0.405 e. The molecule has 1 aromatic carbocycles. The number of carbonyl (C=O) groups excluding carboxylic acids is 1. The minimum atomic E-state index is -4.46. The fraction of sp³-hybridized carbons (Fsp3) is 0.333. The van der Waals surface area contributed by atoms with Gasteiger partial charge in [0.1, 0.15) is 12.3 Å². The number of oxime groups is 1. The van der Waals surface area contributed by atoms with Crippen molar-refractivity contribution < 1.29 is 27.9 Å². The molecule has 0 radical (unpaired) electrons. The topological polar surface area (TPSA) is 70.9 Å². The number of nitrogens with one attached hydrogen (secondary N) is 1. The fourth-order valence-electron chi connectivity index (χ4n) is 1.34. The van der Waals surface area contributed by atoms with Gasteiger partial charge in [-0.25, -0.2) is 0 Å². The lowest BCUT2D eigenvalue weighted by atomic mass is 10.1. The molecule has 1 amide bonds. The van der Waals surface area contributed by atoms with Gasteiger partial charge in [0.15, 0.2) is 6.61 Å². The van der Waals surface area contributed by atoms with Gasteiger partial charge in [-0.2, -0.15) is 13.2 Å². The molecule has 0 aromatic heterocycles. The maximum atomic E-state index is 11.9. The Morgan fingerprint density at radius 1 is 1.40 bits per heavy atom. The second-order valence-corrected chi connectivity index (χ2v) is 3.86. The average molecular weight is 290 g/mol. The highest BCUT2D eigenvalue weighted by Crippen LogP contribution is 2.18. The SMILES string of the molecule is CC(=NO)c1ccccc1OCC(=O)NCC(F)(F)F. The third-order valence-electron chi connectivity index (χ3n) is 2.27. The van der Waals surface area contributed by atoms with Crippen molar-refractivity contribution in [2.45, 2.75) is 13.1 Å². The van der Waals surface area contributed by atoms with E-state index in [0.29, 0.717) is 5.56 Å². The van der Waals surface area contributed by atoms with Crippen molar-refractivity contribution in [3.63, 3.8) is 0 Å². The number of ether oxygens (including phenoxy) is 1. The van der Waals surface area contributed by atoms with Crippen molar-refractivity contribution in [2.24, 2.45) is 5.16 Å². The molecular weight excluding hydrogens is 277 g/mol. The number of rotatable bonds is 5. The zero-order valence-electron chi connectivity index (χ0n) is 10.6. The number of nitrogens with zero attached hydrogens (tertiary/aromatic N) is 1. The summed E-state index contributed by atoms with van der Waals surface area (Å²) < 4.78 is 40.8. The van der Waals surface area contributed by atoms with E-state index in [1.165, 1.54) is 13.0 Å². The highest BCUT2D eigenvalue weighted by Gasteiger charge is 2.27. The molecule has 8 heteroatoms. The summed E-state index contributed by atoms with van der Waals surface area (Å²) in [5.41, 5.74) is 0.704. The van der Waals surface area contributed by atoms with Crippen molar-refractivity contribution >= 4 is 11.6 Å². The molecule has 0 fully saturated rings. The van der Waals surface area contributed by atoms with Crippen LogP contribution in [0, 0.1) is 0 Å². The summed E-state index contributed by atoms with van der Waals surface area (Å²) in [7, 11) is 0. The van der Waals surface area contributed by atoms with Gasteiger partial charge in [0.2, 0.25) is 0 Å². The lowest BCUT2D eigenvalue weighted by molar-refractivity contribution is -0.139. The van der Waals surface area contributed by atoms with Gasteiger partial charge < -0.3 is 15.3 Å². The van der Waals surface area contributed by atoms with Crippen LogP contribution in [0.4, 0.5) is 13.2 Å². The molecular formula is C12H13F3N2O3. The maximum absolute atomic E-state index is 11.9. The molecule has 5 nitrogen and oxygen atoms in total. The standard InChI is InChI=1S/C12H13F3N2O3/c1-8(17-19)9-4-2-3-5-10(9)20-6-11(18)16-7-12(13,14)15/h2-5,19H,6-7H2,1H3,(H,16,18). The first kappa shape index (κ1) is 15.8. The number of benzene rings is 1. The van der Waals surface area contributed by atoms with Crippen LogP contribution in [0.15, 0.2) is 29.4 Å². The van der Waals surface area contributed by atoms with Crippen LogP contribution in [-0.2, 0) is 4.79 Å². The summed E-state index contributed by atoms with van der Waals surface area (Å²) >= 11 is 0. The van der Waals surface area contributed by atoms with E-state index < -0.39 is 25.2 Å². The Hall–Kier alpha value is -2.25. The normalized spacial score (nSPS) is 12.1. The number of halogens is 3. The highest BCUT2D eigenvalue weighted by atomic mass is 19.4. The zero-order chi connectivity index (χ0) is 15.2. The second kappa shape index (κ2) is 6.78. The summed E-state index contributed by atoms with van der Waals surface area (Å²) in [5.74, 6) is -0.652. The smallest absolute Gasteiger partial charge is 0.405 e. The van der Waals surface area contributed by atoms with Gasteiger partial charge in [-0.15, -0.1) is 0 Å². The van der Waals surface area contributed by atoms with Crippen molar-refractivity contribution in [1.29, 1.82) is 0 Å². The number of carbonyl (C=O) groups is 1. The van der Waals surface area contributed by atoms with E-state index in [-0.39, 0.29) is 11.5 Å². The summed E-state index contributed by atoms with van der Waals surface area (Å²) in [6.07, 6.45) is -4.46. The molecule has 0 unspecified atom stereocenters. The number of amides is 1. The Labute approximate surface area is 113 Å². The molecule has 0 bridgehead atoms. The predicted molar refractivity (Wildman–Crippen MR) is 65.0 cm³/mol. The van der Waals surface area contributed by atoms with Crippen LogP contribution in [0.2, 0.25) is 0 Å². The number of para-hydroxylation sites is 1. The fourth-order valence-corrected chi connectivity index (χ4v) is 1.34. The van der Waals surface area contributed by atoms with Crippen molar-refractivity contribution in [2.75, 3.05) is 13.2 Å². The van der Waals surface area contributed by atoms with Crippen LogP contribution < -0.4 is 10.1 Å². The minimum absolute atomic E-state index is 0.241. The third kappa shape index (κ3) is 5.17. The van der Waals surface area contributed by atoms with Gasteiger partial charge in [-0.3, -0.25) is 4.79 Å². The average Bonchev–Trinajstić information content (AvgIpc) is 2.41. The molecule has 0 aliphatic rings. The van der Waals surface area contributed by atoms with Gasteiger partial charge in [-0.1, -0.05) is 17.3 Å². The van der Waals surface area contributed by atoms with Gasteiger partial charge in [0.05, 0.1) is 5.71 Å². The molecule has 20 heavy (non-hydrogen) atoms. The summed E-state index contributed by atoms with van der Waals surface area (Å²) in [5, 5.41) is 13.4. The van der Waals surface area contributed by atoms with E-state index in [9.17, 15) is 18.0 Å². The van der Waals surface area contributed by atoms with Gasteiger partial charge in [0, 0.05) is 5.56 Å². The monoisotopic (exact) mass is 290 g/mol. The van der Waals surface area contributed by atoms with E-state index >= 15 is 0 Å². The van der Waals surface area contributed by atoms with Crippen LogP contribution in [0.1, 0.15) is 12.5 Å². The second-order valence-electron chi connectivity index (χ2n) is 3.86. The van der Waals surface area contributed by atoms with Crippen LogP contribution in [0.5, 0.6) is 5.75 Å². The first-order valence-corrected chi connectivity index (χ1v) is 5.58. The molecule has 0 aliphatic heterocycles. The zero-order valence-corrected chi connectivity index (χ0v) is 10.6. The van der Waals surface area contributed by atoms with E-state index in [2.05, 4.69) is 5.16 Å². The Bertz CT molecular complexity index is 501. The van der Waals surface area contributed by atoms with E-state index in [4.69, 9.17) is 9.94 Å². The number of hydrogen-bond acceptors (Lipinski definition) is 4. The first-order valence-electron chi connectivity index (χ1n) is 5.58. The third-order valence-corrected chi connectivity index (χ3v) is 2.27. The predicted octanol–water partition coefficient (Wildman–Crippen LogP) is 1.94. The van der Waals surface area contributed by atoms with Crippen molar-refractivity contribution in [3.05, 3.63) is 29.8 Å². The van der Waals surface area contributed by atoms with Crippen LogP contribution in [0.25, 0.3) is 0 Å². The Balaban J connectivity index is 2.60. The van der Waals surface area contributed by atoms with Gasteiger partial charge in [0.25, 0.3) is 5.91 Å². The van der Waals surface area contributed by atoms with Crippen molar-refractivity contribution in [1.82, 2.24) is 5.32 Å². The molecule has 0 aliphatic carbocycles. The van der Waals surface area contributed by atoms with E-state index in [1.54, 1.807) is 23.5 Å². The Kier molecular flexibility index (Phi) is 5.36. The first-order chi connectivity index (χ1) is 9.33. The van der Waals surface area contributed by atoms with Crippen LogP contribution >= 0.6 is 0 Å². The lowest BCUT2D eigenvalue weighted by Gasteiger charge is -2.11. The molecule has 0 spiro atoms. The highest BCUT2D eigenvalue weighted by molar-refractivity contribution is 6.00. The molecule has 0 saturated carbocycles. The van der Waals surface area contributed by atoms with Gasteiger partial charge >= 0.3 is 6.18 Å². The lowest BCUT2D eigenvalue weighted by Crippen LogP contribution is -2.36. The largest absolute Gasteiger partial charge is 0.483 e. The summed E-state index contributed by atoms with van der Waals surface area (Å²) in [4.78, 5) is 11.2. The van der Waals surface area contributed by atoms with Crippen LogP contribution in [0.3, 0.4) is 0 Å². The molecule has 0 saturated heterocycles. The minimum Gasteiger partial charge on any atom is -0.483 e. The van der Waals surface area contributed by atoms with E-state index in [0.717, 1.165) is 0 Å². The number of alkyl halides is 3. The molecule has 0 atom stereocenters.